The highest BCUT2D eigenvalue weighted by Gasteiger charge is 2.02. The molecule has 0 unspecified atom stereocenters. The van der Waals surface area contributed by atoms with Crippen LogP contribution in [0, 0.1) is 23.7 Å². The molecule has 0 spiro atoms. The van der Waals surface area contributed by atoms with Crippen LogP contribution in [0.4, 0.5) is 4.39 Å². The Morgan fingerprint density at radius 2 is 2.33 bits per heavy atom. The lowest BCUT2D eigenvalue weighted by atomic mass is 10.1. The van der Waals surface area contributed by atoms with Gasteiger partial charge in [-0.05, 0) is 18.2 Å². The molecular weight excluding hydrogens is 155 g/mol. The third-order valence-corrected chi connectivity index (χ3v) is 1.41. The van der Waals surface area contributed by atoms with Gasteiger partial charge in [0.1, 0.15) is 11.9 Å². The van der Waals surface area contributed by atoms with Gasteiger partial charge in [0, 0.05) is 5.56 Å². The van der Waals surface area contributed by atoms with Gasteiger partial charge >= 0.3 is 0 Å². The van der Waals surface area contributed by atoms with Gasteiger partial charge in [-0.2, -0.15) is 5.26 Å². The third-order valence-electron chi connectivity index (χ3n) is 1.41. The van der Waals surface area contributed by atoms with Gasteiger partial charge in [-0.3, -0.25) is 0 Å². The average Bonchev–Trinajstić information content (AvgIpc) is 2.09. The molecule has 2 nitrogen and oxygen atoms in total. The van der Waals surface area contributed by atoms with Crippen LogP contribution in [-0.2, 0) is 6.54 Å². The molecule has 0 saturated heterocycles. The first-order chi connectivity index (χ1) is 5.77. The Kier molecular flexibility index (Phi) is 2.40. The van der Waals surface area contributed by atoms with Crippen molar-refractivity contribution in [1.29, 1.82) is 5.26 Å². The Bertz CT molecular complexity index is 371. The predicted molar refractivity (Wildman–Crippen MR) is 41.4 cm³/mol. The zero-order valence-corrected chi connectivity index (χ0v) is 6.21. The molecule has 0 fully saturated rings. The fraction of sp³-hybridized carbons (Fsp3) is 0.111. The lowest BCUT2D eigenvalue weighted by Crippen LogP contribution is -1.86. The summed E-state index contributed by atoms with van der Waals surface area (Å²) in [5.74, 6) is -0.536. The first kappa shape index (κ1) is 8.23. The monoisotopic (exact) mass is 160 g/mol. The average molecular weight is 160 g/mol. The smallest absolute Gasteiger partial charge is 0.239 e. The summed E-state index contributed by atoms with van der Waals surface area (Å²) in [6, 6.07) is 5.83. The normalized spacial score (nSPS) is 8.58. The molecule has 0 heterocycles. The Hall–Kier alpha value is -1.87. The largest absolute Gasteiger partial charge is 0.312 e. The molecule has 0 saturated carbocycles. The Balaban J connectivity index is 3.09. The lowest BCUT2D eigenvalue weighted by molar-refractivity contribution is 0.623. The molecule has 1 aromatic carbocycles. The van der Waals surface area contributed by atoms with Crippen molar-refractivity contribution in [2.75, 3.05) is 0 Å². The van der Waals surface area contributed by atoms with E-state index in [1.54, 1.807) is 6.07 Å². The fourth-order valence-corrected chi connectivity index (χ4v) is 0.848. The summed E-state index contributed by atoms with van der Waals surface area (Å²) in [5, 5.41) is 8.44. The van der Waals surface area contributed by atoms with E-state index in [9.17, 15) is 4.39 Å². The molecule has 0 amide bonds. The minimum absolute atomic E-state index is 0.00356. The molecule has 12 heavy (non-hydrogen) atoms. The zero-order valence-electron chi connectivity index (χ0n) is 6.21. The Labute approximate surface area is 69.7 Å². The van der Waals surface area contributed by atoms with Gasteiger partial charge in [-0.1, -0.05) is 0 Å². The molecular formula is C9H5FN2. The molecule has 1 aromatic rings. The van der Waals surface area contributed by atoms with Gasteiger partial charge in [-0.15, -0.1) is 0 Å². The van der Waals surface area contributed by atoms with Crippen LogP contribution in [-0.4, -0.2) is 0 Å². The van der Waals surface area contributed by atoms with Crippen molar-refractivity contribution in [3.05, 3.63) is 46.6 Å². The number of rotatable bonds is 1. The van der Waals surface area contributed by atoms with E-state index in [4.69, 9.17) is 11.8 Å². The van der Waals surface area contributed by atoms with Crippen molar-refractivity contribution in [3.63, 3.8) is 0 Å². The molecule has 0 radical (unpaired) electrons. The zero-order chi connectivity index (χ0) is 8.97. The van der Waals surface area contributed by atoms with Gasteiger partial charge in [0.25, 0.3) is 0 Å². The van der Waals surface area contributed by atoms with Crippen LogP contribution >= 0.6 is 0 Å². The maximum absolute atomic E-state index is 12.7. The number of halogens is 1. The third kappa shape index (κ3) is 1.59. The van der Waals surface area contributed by atoms with E-state index in [1.165, 1.54) is 18.2 Å². The predicted octanol–water partition coefficient (Wildman–Crippen LogP) is 2.12. The molecule has 58 valence electrons. The molecule has 3 heteroatoms. The van der Waals surface area contributed by atoms with E-state index in [-0.39, 0.29) is 12.1 Å². The Morgan fingerprint density at radius 1 is 1.58 bits per heavy atom. The van der Waals surface area contributed by atoms with Gasteiger partial charge < -0.3 is 4.85 Å². The summed E-state index contributed by atoms with van der Waals surface area (Å²) in [6.45, 7) is 6.76. The lowest BCUT2D eigenvalue weighted by Gasteiger charge is -1.93. The van der Waals surface area contributed by atoms with Crippen LogP contribution in [0.25, 0.3) is 4.85 Å². The van der Waals surface area contributed by atoms with E-state index >= 15 is 0 Å². The molecule has 0 N–H and O–H groups in total. The molecule has 1 rings (SSSR count). The van der Waals surface area contributed by atoms with Gasteiger partial charge in [-0.25, -0.2) is 11.0 Å². The van der Waals surface area contributed by atoms with Crippen molar-refractivity contribution in [2.24, 2.45) is 0 Å². The maximum Gasteiger partial charge on any atom is 0.239 e. The SMILES string of the molecule is [C-]#[N+]Cc1ccc(F)c(C#N)c1. The van der Waals surface area contributed by atoms with Crippen LogP contribution in [0.5, 0.6) is 0 Å². The summed E-state index contributed by atoms with van der Waals surface area (Å²) >= 11 is 0. The molecule has 0 atom stereocenters. The van der Waals surface area contributed by atoms with Crippen LogP contribution in [0.1, 0.15) is 11.1 Å². The van der Waals surface area contributed by atoms with Crippen LogP contribution in [0.3, 0.4) is 0 Å². The summed E-state index contributed by atoms with van der Waals surface area (Å²) < 4.78 is 12.7. The molecule has 0 aliphatic carbocycles. The first-order valence-corrected chi connectivity index (χ1v) is 3.29. The fourth-order valence-electron chi connectivity index (χ4n) is 0.848. The molecule has 0 aliphatic rings. The number of hydrogen-bond acceptors (Lipinski definition) is 1. The minimum atomic E-state index is -0.536. The van der Waals surface area contributed by atoms with Gasteiger partial charge in [0.2, 0.25) is 6.54 Å². The molecule has 0 bridgehead atoms. The van der Waals surface area contributed by atoms with Crippen molar-refractivity contribution >= 4 is 0 Å². The number of benzene rings is 1. The van der Waals surface area contributed by atoms with Gasteiger partial charge in [0.15, 0.2) is 0 Å². The van der Waals surface area contributed by atoms with E-state index < -0.39 is 5.82 Å². The van der Waals surface area contributed by atoms with Gasteiger partial charge in [0.05, 0.1) is 5.56 Å². The highest BCUT2D eigenvalue weighted by molar-refractivity contribution is 5.34. The first-order valence-electron chi connectivity index (χ1n) is 3.29. The summed E-state index contributed by atoms with van der Waals surface area (Å²) in [6.07, 6.45) is 0. The number of hydrogen-bond donors (Lipinski definition) is 0. The second-order valence-corrected chi connectivity index (χ2v) is 2.24. The minimum Gasteiger partial charge on any atom is -0.312 e. The van der Waals surface area contributed by atoms with E-state index in [2.05, 4.69) is 4.85 Å². The number of nitriles is 1. The maximum atomic E-state index is 12.7. The topological polar surface area (TPSA) is 28.1 Å². The summed E-state index contributed by atoms with van der Waals surface area (Å²) in [5.41, 5.74) is 0.666. The van der Waals surface area contributed by atoms with E-state index in [0.29, 0.717) is 5.56 Å². The van der Waals surface area contributed by atoms with E-state index in [0.717, 1.165) is 0 Å². The Morgan fingerprint density at radius 3 is 2.92 bits per heavy atom. The van der Waals surface area contributed by atoms with Crippen LogP contribution in [0.2, 0.25) is 0 Å². The molecule has 0 aliphatic heterocycles. The van der Waals surface area contributed by atoms with Crippen LogP contribution in [0.15, 0.2) is 18.2 Å². The van der Waals surface area contributed by atoms with E-state index in [1.807, 2.05) is 0 Å². The standard InChI is InChI=1S/C9H5FN2/c1-12-6-7-2-3-9(10)8(4-7)5-11/h2-4H,6H2. The van der Waals surface area contributed by atoms with Crippen molar-refractivity contribution in [1.82, 2.24) is 0 Å². The summed E-state index contributed by atoms with van der Waals surface area (Å²) in [4.78, 5) is 3.13. The second kappa shape index (κ2) is 3.50. The number of nitrogens with zero attached hydrogens (tertiary/aromatic N) is 2. The van der Waals surface area contributed by atoms with Crippen molar-refractivity contribution in [3.8, 4) is 6.07 Å². The second-order valence-electron chi connectivity index (χ2n) is 2.24. The highest BCUT2D eigenvalue weighted by Crippen LogP contribution is 2.09. The van der Waals surface area contributed by atoms with Crippen LogP contribution < -0.4 is 0 Å². The highest BCUT2D eigenvalue weighted by atomic mass is 19.1. The van der Waals surface area contributed by atoms with Crippen molar-refractivity contribution < 1.29 is 4.39 Å². The van der Waals surface area contributed by atoms with Crippen molar-refractivity contribution in [2.45, 2.75) is 6.54 Å². The molecule has 0 aromatic heterocycles. The quantitative estimate of drug-likeness (QED) is 0.578. The summed E-state index contributed by atoms with van der Waals surface area (Å²) in [7, 11) is 0.